The molecule has 2 unspecified atom stereocenters. The molecule has 3 rings (SSSR count). The number of carbonyl (C=O) groups excluding carboxylic acids is 1. The summed E-state index contributed by atoms with van der Waals surface area (Å²) in [6, 6.07) is 5.63. The third kappa shape index (κ3) is 2.41. The minimum Gasteiger partial charge on any atom is -0.378 e. The molecule has 1 aromatic heterocycles. The number of hydrogen-bond acceptors (Lipinski definition) is 3. The molecule has 0 bridgehead atoms. The van der Waals surface area contributed by atoms with E-state index in [-0.39, 0.29) is 17.9 Å². The van der Waals surface area contributed by atoms with Gasteiger partial charge in [-0.05, 0) is 43.8 Å². The molecule has 0 radical (unpaired) electrons. The van der Waals surface area contributed by atoms with Crippen molar-refractivity contribution in [2.24, 2.45) is 5.92 Å². The summed E-state index contributed by atoms with van der Waals surface area (Å²) in [6.07, 6.45) is 0.767. The molecule has 2 aromatic rings. The van der Waals surface area contributed by atoms with Crippen LogP contribution in [0.25, 0.3) is 11.0 Å². The molecule has 1 aromatic carbocycles. The van der Waals surface area contributed by atoms with Crippen LogP contribution in [0.4, 0.5) is 5.69 Å². The molecular weight excluding hydrogens is 262 g/mol. The highest BCUT2D eigenvalue weighted by Gasteiger charge is 2.30. The van der Waals surface area contributed by atoms with Crippen molar-refractivity contribution in [3.63, 3.8) is 0 Å². The number of aromatic nitrogens is 2. The smallest absolute Gasteiger partial charge is 0.230 e. The summed E-state index contributed by atoms with van der Waals surface area (Å²) in [5.74, 6) is -0.0566. The molecule has 6 heteroatoms. The Kier molecular flexibility index (Phi) is 3.12. The summed E-state index contributed by atoms with van der Waals surface area (Å²) in [4.78, 5) is 18.2. The van der Waals surface area contributed by atoms with Crippen LogP contribution in [0.5, 0.6) is 0 Å². The van der Waals surface area contributed by atoms with E-state index in [1.54, 1.807) is 0 Å². The van der Waals surface area contributed by atoms with Gasteiger partial charge in [0, 0.05) is 12.3 Å². The van der Waals surface area contributed by atoms with Crippen molar-refractivity contribution in [3.05, 3.63) is 23.0 Å². The Morgan fingerprint density at radius 1 is 1.42 bits per heavy atom. The number of amides is 1. The average molecular weight is 277 g/mol. The third-order valence-corrected chi connectivity index (χ3v) is 3.70. The van der Waals surface area contributed by atoms with Crippen LogP contribution in [0.15, 0.2) is 18.2 Å². The lowest BCUT2D eigenvalue weighted by atomic mass is 10.0. The predicted molar refractivity (Wildman–Crippen MR) is 75.6 cm³/mol. The molecular formula is C13H15N3O2S. The first-order chi connectivity index (χ1) is 9.13. The van der Waals surface area contributed by atoms with Crippen molar-refractivity contribution in [3.8, 4) is 0 Å². The molecule has 0 spiro atoms. The molecule has 19 heavy (non-hydrogen) atoms. The van der Waals surface area contributed by atoms with Gasteiger partial charge in [-0.1, -0.05) is 0 Å². The van der Waals surface area contributed by atoms with Gasteiger partial charge in [-0.3, -0.25) is 4.79 Å². The number of fused-ring (bicyclic) bond motifs is 1. The van der Waals surface area contributed by atoms with Gasteiger partial charge in [-0.15, -0.1) is 0 Å². The number of rotatable bonds is 2. The standard InChI is InChI=1S/C13H15N3O2S/c1-7-9(4-5-18-7)12(17)14-8-2-3-10-11(6-8)16-13(19)15-10/h2-3,6-7,9H,4-5H2,1H3,(H,14,17)(H2,15,16,19). The Hall–Kier alpha value is -1.66. The van der Waals surface area contributed by atoms with Crippen molar-refractivity contribution < 1.29 is 9.53 Å². The molecule has 0 saturated carbocycles. The van der Waals surface area contributed by atoms with E-state index in [9.17, 15) is 4.79 Å². The summed E-state index contributed by atoms with van der Waals surface area (Å²) in [7, 11) is 0. The number of hydrogen-bond donors (Lipinski definition) is 3. The second kappa shape index (κ2) is 4.79. The normalized spacial score (nSPS) is 22.8. The molecule has 2 heterocycles. The number of imidazole rings is 1. The lowest BCUT2D eigenvalue weighted by Gasteiger charge is -2.14. The van der Waals surface area contributed by atoms with Gasteiger partial charge in [-0.25, -0.2) is 0 Å². The van der Waals surface area contributed by atoms with Crippen LogP contribution in [-0.4, -0.2) is 28.6 Å². The summed E-state index contributed by atoms with van der Waals surface area (Å²) >= 11 is 5.03. The number of benzene rings is 1. The van der Waals surface area contributed by atoms with Gasteiger partial charge in [-0.2, -0.15) is 0 Å². The molecule has 1 aliphatic rings. The lowest BCUT2D eigenvalue weighted by Crippen LogP contribution is -2.27. The molecule has 1 fully saturated rings. The van der Waals surface area contributed by atoms with Crippen molar-refractivity contribution in [1.29, 1.82) is 0 Å². The zero-order valence-corrected chi connectivity index (χ0v) is 11.3. The molecule has 1 aliphatic heterocycles. The van der Waals surface area contributed by atoms with E-state index in [2.05, 4.69) is 15.3 Å². The number of H-pyrrole nitrogens is 2. The first-order valence-electron chi connectivity index (χ1n) is 6.28. The highest BCUT2D eigenvalue weighted by atomic mass is 32.1. The van der Waals surface area contributed by atoms with E-state index in [1.807, 2.05) is 25.1 Å². The maximum Gasteiger partial charge on any atom is 0.230 e. The van der Waals surface area contributed by atoms with Crippen LogP contribution in [-0.2, 0) is 9.53 Å². The summed E-state index contributed by atoms with van der Waals surface area (Å²) in [5.41, 5.74) is 2.58. The van der Waals surface area contributed by atoms with Gasteiger partial charge in [0.25, 0.3) is 0 Å². The predicted octanol–water partition coefficient (Wildman–Crippen LogP) is 2.59. The van der Waals surface area contributed by atoms with Gasteiger partial charge >= 0.3 is 0 Å². The van der Waals surface area contributed by atoms with Crippen LogP contribution >= 0.6 is 12.2 Å². The summed E-state index contributed by atoms with van der Waals surface area (Å²) < 4.78 is 5.99. The Labute approximate surface area is 115 Å². The first-order valence-corrected chi connectivity index (χ1v) is 6.69. The highest BCUT2D eigenvalue weighted by molar-refractivity contribution is 7.71. The van der Waals surface area contributed by atoms with E-state index in [0.29, 0.717) is 11.4 Å². The van der Waals surface area contributed by atoms with E-state index in [0.717, 1.165) is 23.1 Å². The molecule has 3 N–H and O–H groups in total. The minimum absolute atomic E-state index is 0.0122. The highest BCUT2D eigenvalue weighted by Crippen LogP contribution is 2.23. The molecule has 1 amide bonds. The second-order valence-electron chi connectivity index (χ2n) is 4.80. The van der Waals surface area contributed by atoms with Crippen LogP contribution in [0, 0.1) is 10.7 Å². The van der Waals surface area contributed by atoms with Crippen LogP contribution in [0.3, 0.4) is 0 Å². The van der Waals surface area contributed by atoms with E-state index < -0.39 is 0 Å². The van der Waals surface area contributed by atoms with Crippen LogP contribution in [0.1, 0.15) is 13.3 Å². The zero-order chi connectivity index (χ0) is 13.4. The van der Waals surface area contributed by atoms with Crippen LogP contribution in [0.2, 0.25) is 0 Å². The lowest BCUT2D eigenvalue weighted by molar-refractivity contribution is -0.121. The number of anilines is 1. The Morgan fingerprint density at radius 3 is 2.95 bits per heavy atom. The van der Waals surface area contributed by atoms with Gasteiger partial charge in [0.2, 0.25) is 5.91 Å². The Balaban J connectivity index is 1.80. The Bertz CT molecular complexity index is 676. The quantitative estimate of drug-likeness (QED) is 0.739. The summed E-state index contributed by atoms with van der Waals surface area (Å²) in [5, 5.41) is 2.93. The molecule has 0 aliphatic carbocycles. The fourth-order valence-electron chi connectivity index (χ4n) is 2.42. The number of ether oxygens (including phenoxy) is 1. The van der Waals surface area contributed by atoms with Gasteiger partial charge < -0.3 is 20.0 Å². The average Bonchev–Trinajstić information content (AvgIpc) is 2.93. The van der Waals surface area contributed by atoms with Crippen LogP contribution < -0.4 is 5.32 Å². The van der Waals surface area contributed by atoms with Crippen molar-refractivity contribution in [1.82, 2.24) is 9.97 Å². The molecule has 5 nitrogen and oxygen atoms in total. The molecule has 2 atom stereocenters. The van der Waals surface area contributed by atoms with E-state index in [1.165, 1.54) is 0 Å². The zero-order valence-electron chi connectivity index (χ0n) is 10.5. The molecule has 100 valence electrons. The Morgan fingerprint density at radius 2 is 2.21 bits per heavy atom. The van der Waals surface area contributed by atoms with Gasteiger partial charge in [0.05, 0.1) is 23.1 Å². The fraction of sp³-hybridized carbons (Fsp3) is 0.385. The topological polar surface area (TPSA) is 69.9 Å². The fourth-order valence-corrected chi connectivity index (χ4v) is 2.64. The largest absolute Gasteiger partial charge is 0.378 e. The number of aromatic amines is 2. The number of carbonyl (C=O) groups is 1. The van der Waals surface area contributed by atoms with Crippen molar-refractivity contribution in [2.75, 3.05) is 11.9 Å². The van der Waals surface area contributed by atoms with Crippen molar-refractivity contribution >= 4 is 34.8 Å². The summed E-state index contributed by atoms with van der Waals surface area (Å²) in [6.45, 7) is 2.59. The second-order valence-corrected chi connectivity index (χ2v) is 5.21. The molecule has 1 saturated heterocycles. The van der Waals surface area contributed by atoms with E-state index in [4.69, 9.17) is 17.0 Å². The maximum absolute atomic E-state index is 12.1. The third-order valence-electron chi connectivity index (χ3n) is 3.50. The minimum atomic E-state index is -0.0691. The van der Waals surface area contributed by atoms with E-state index >= 15 is 0 Å². The number of nitrogens with one attached hydrogen (secondary N) is 3. The van der Waals surface area contributed by atoms with Gasteiger partial charge in [0.1, 0.15) is 0 Å². The maximum atomic E-state index is 12.1. The SMILES string of the molecule is CC1OCCC1C(=O)Nc1ccc2[nH]c(=S)[nH]c2c1. The van der Waals surface area contributed by atoms with Crippen molar-refractivity contribution in [2.45, 2.75) is 19.4 Å². The monoisotopic (exact) mass is 277 g/mol. The first kappa shape index (κ1) is 12.4. The van der Waals surface area contributed by atoms with Gasteiger partial charge in [0.15, 0.2) is 4.77 Å².